The minimum Gasteiger partial charge on any atom is -0.387 e. The van der Waals surface area contributed by atoms with Crippen LogP contribution in [0.25, 0.3) is 0 Å². The standard InChI is InChI=1S/C8H12F3N5OS/c1-2-16-6(17)14-15-7(16)18-3-4(5(12)13)8(9,10)11/h4H,2-3H2,1H3,(H3,12,13)(H,14,17). The zero-order valence-electron chi connectivity index (χ0n) is 9.41. The van der Waals surface area contributed by atoms with Gasteiger partial charge in [-0.15, -0.1) is 5.10 Å². The lowest BCUT2D eigenvalue weighted by atomic mass is 10.1. The van der Waals surface area contributed by atoms with Crippen LogP contribution < -0.4 is 11.4 Å². The Bertz CT molecular complexity index is 480. The van der Waals surface area contributed by atoms with E-state index in [-0.39, 0.29) is 5.16 Å². The largest absolute Gasteiger partial charge is 0.399 e. The lowest BCUT2D eigenvalue weighted by Gasteiger charge is -2.17. The molecule has 10 heteroatoms. The van der Waals surface area contributed by atoms with E-state index >= 15 is 0 Å². The number of amidine groups is 1. The number of thioether (sulfide) groups is 1. The lowest BCUT2D eigenvalue weighted by molar-refractivity contribution is -0.150. The summed E-state index contributed by atoms with van der Waals surface area (Å²) in [5.41, 5.74) is 4.44. The Hall–Kier alpha value is -1.45. The Balaban J connectivity index is 2.80. The van der Waals surface area contributed by atoms with Crippen molar-refractivity contribution in [3.8, 4) is 0 Å². The van der Waals surface area contributed by atoms with Gasteiger partial charge < -0.3 is 5.73 Å². The smallest absolute Gasteiger partial charge is 0.387 e. The molecule has 0 radical (unpaired) electrons. The highest BCUT2D eigenvalue weighted by Crippen LogP contribution is 2.30. The van der Waals surface area contributed by atoms with E-state index in [2.05, 4.69) is 10.2 Å². The van der Waals surface area contributed by atoms with Gasteiger partial charge in [-0.2, -0.15) is 13.2 Å². The van der Waals surface area contributed by atoms with E-state index in [1.54, 1.807) is 6.92 Å². The molecule has 0 aliphatic rings. The van der Waals surface area contributed by atoms with Crippen molar-refractivity contribution >= 4 is 17.6 Å². The molecule has 0 aliphatic heterocycles. The number of nitrogens with one attached hydrogen (secondary N) is 2. The van der Waals surface area contributed by atoms with Crippen LogP contribution in [0.15, 0.2) is 9.95 Å². The van der Waals surface area contributed by atoms with Gasteiger partial charge in [0, 0.05) is 12.3 Å². The third kappa shape index (κ3) is 3.28. The fourth-order valence-electron chi connectivity index (χ4n) is 1.21. The first kappa shape index (κ1) is 14.6. The summed E-state index contributed by atoms with van der Waals surface area (Å²) < 4.78 is 38.8. The molecule has 1 aromatic heterocycles. The number of halogens is 3. The molecular weight excluding hydrogens is 271 g/mol. The molecule has 6 nitrogen and oxygen atoms in total. The topological polar surface area (TPSA) is 101 Å². The first-order valence-corrected chi connectivity index (χ1v) is 5.94. The second-order valence-corrected chi connectivity index (χ2v) is 4.40. The van der Waals surface area contributed by atoms with Crippen molar-refractivity contribution in [2.24, 2.45) is 11.7 Å². The molecule has 18 heavy (non-hydrogen) atoms. The highest BCUT2D eigenvalue weighted by Gasteiger charge is 2.42. The SMILES string of the molecule is CCn1c(SCC(C(=N)N)C(F)(F)F)n[nH]c1=O. The van der Waals surface area contributed by atoms with Crippen molar-refractivity contribution in [1.29, 1.82) is 5.41 Å². The van der Waals surface area contributed by atoms with Crippen LogP contribution in [0.4, 0.5) is 13.2 Å². The number of aromatic nitrogens is 3. The first-order valence-electron chi connectivity index (χ1n) is 4.96. The summed E-state index contributed by atoms with van der Waals surface area (Å²) in [5, 5.41) is 12.8. The number of alkyl halides is 3. The Morgan fingerprint density at radius 2 is 2.28 bits per heavy atom. The number of nitrogens with two attached hydrogens (primary N) is 1. The molecule has 0 amide bonds. The molecule has 0 spiro atoms. The highest BCUT2D eigenvalue weighted by molar-refractivity contribution is 7.99. The van der Waals surface area contributed by atoms with Crippen molar-refractivity contribution in [2.75, 3.05) is 5.75 Å². The quantitative estimate of drug-likeness (QED) is 0.422. The molecule has 0 fully saturated rings. The van der Waals surface area contributed by atoms with Gasteiger partial charge in [-0.05, 0) is 6.92 Å². The zero-order valence-corrected chi connectivity index (χ0v) is 10.2. The summed E-state index contributed by atoms with van der Waals surface area (Å²) in [7, 11) is 0. The number of hydrogen-bond donors (Lipinski definition) is 3. The summed E-state index contributed by atoms with van der Waals surface area (Å²) in [4.78, 5) is 11.2. The van der Waals surface area contributed by atoms with Crippen LogP contribution in [0.5, 0.6) is 0 Å². The maximum Gasteiger partial charge on any atom is 0.399 e. The summed E-state index contributed by atoms with van der Waals surface area (Å²) in [6.45, 7) is 1.97. The van der Waals surface area contributed by atoms with Crippen molar-refractivity contribution in [3.63, 3.8) is 0 Å². The van der Waals surface area contributed by atoms with Crippen LogP contribution in [0.3, 0.4) is 0 Å². The number of aromatic amines is 1. The van der Waals surface area contributed by atoms with E-state index in [1.807, 2.05) is 0 Å². The van der Waals surface area contributed by atoms with Gasteiger partial charge in [0.25, 0.3) is 0 Å². The zero-order chi connectivity index (χ0) is 13.9. The van der Waals surface area contributed by atoms with E-state index in [4.69, 9.17) is 11.1 Å². The van der Waals surface area contributed by atoms with Crippen LogP contribution in [-0.2, 0) is 6.54 Å². The molecule has 0 saturated carbocycles. The fraction of sp³-hybridized carbons (Fsp3) is 0.625. The van der Waals surface area contributed by atoms with Crippen LogP contribution in [0, 0.1) is 11.3 Å². The summed E-state index contributed by atoms with van der Waals surface area (Å²) >= 11 is 0.736. The molecule has 0 aliphatic carbocycles. The van der Waals surface area contributed by atoms with Crippen molar-refractivity contribution < 1.29 is 13.2 Å². The second-order valence-electron chi connectivity index (χ2n) is 3.42. The molecule has 4 N–H and O–H groups in total. The molecule has 0 bridgehead atoms. The number of nitrogens with zero attached hydrogens (tertiary/aromatic N) is 2. The van der Waals surface area contributed by atoms with Crippen LogP contribution >= 0.6 is 11.8 Å². The number of hydrogen-bond acceptors (Lipinski definition) is 4. The van der Waals surface area contributed by atoms with Gasteiger partial charge >= 0.3 is 11.9 Å². The summed E-state index contributed by atoms with van der Waals surface area (Å²) in [5.74, 6) is -3.47. The monoisotopic (exact) mass is 283 g/mol. The van der Waals surface area contributed by atoms with Gasteiger partial charge in [-0.1, -0.05) is 11.8 Å². The van der Waals surface area contributed by atoms with Crippen molar-refractivity contribution in [1.82, 2.24) is 14.8 Å². The molecule has 1 rings (SSSR count). The van der Waals surface area contributed by atoms with Crippen molar-refractivity contribution in [2.45, 2.75) is 24.8 Å². The Morgan fingerprint density at radius 3 is 2.72 bits per heavy atom. The number of H-pyrrole nitrogens is 1. The van der Waals surface area contributed by atoms with Gasteiger partial charge in [0.2, 0.25) is 0 Å². The Labute approximate surface area is 104 Å². The minimum atomic E-state index is -4.58. The van der Waals surface area contributed by atoms with Gasteiger partial charge in [0.05, 0.1) is 0 Å². The van der Waals surface area contributed by atoms with Crippen LogP contribution in [0.2, 0.25) is 0 Å². The minimum absolute atomic E-state index is 0.151. The maximum atomic E-state index is 12.5. The first-order chi connectivity index (χ1) is 8.27. The molecule has 1 aromatic rings. The summed E-state index contributed by atoms with van der Waals surface area (Å²) in [6.07, 6.45) is -4.58. The summed E-state index contributed by atoms with van der Waals surface area (Å²) in [6, 6.07) is 0. The molecule has 102 valence electrons. The van der Waals surface area contributed by atoms with Gasteiger partial charge in [0.1, 0.15) is 11.8 Å². The average Bonchev–Trinajstić information content (AvgIpc) is 2.57. The van der Waals surface area contributed by atoms with Gasteiger partial charge in [-0.25, -0.2) is 9.89 Å². The highest BCUT2D eigenvalue weighted by atomic mass is 32.2. The molecule has 1 atom stereocenters. The molecule has 1 heterocycles. The third-order valence-corrected chi connectivity index (χ3v) is 3.26. The predicted octanol–water partition coefficient (Wildman–Crippen LogP) is 0.798. The van der Waals surface area contributed by atoms with Crippen LogP contribution in [-0.4, -0.2) is 32.5 Å². The maximum absolute atomic E-state index is 12.5. The Kier molecular flexibility index (Phi) is 4.43. The van der Waals surface area contributed by atoms with E-state index in [0.717, 1.165) is 11.8 Å². The molecule has 0 aromatic carbocycles. The fourth-order valence-corrected chi connectivity index (χ4v) is 2.37. The third-order valence-electron chi connectivity index (χ3n) is 2.19. The van der Waals surface area contributed by atoms with Gasteiger partial charge in [-0.3, -0.25) is 9.98 Å². The molecular formula is C8H12F3N5OS. The van der Waals surface area contributed by atoms with E-state index in [1.165, 1.54) is 4.57 Å². The van der Waals surface area contributed by atoms with Crippen LogP contribution in [0.1, 0.15) is 6.92 Å². The average molecular weight is 283 g/mol. The second kappa shape index (κ2) is 5.46. The Morgan fingerprint density at radius 1 is 1.67 bits per heavy atom. The van der Waals surface area contributed by atoms with E-state index in [9.17, 15) is 18.0 Å². The van der Waals surface area contributed by atoms with Gasteiger partial charge in [0.15, 0.2) is 5.16 Å². The predicted molar refractivity (Wildman–Crippen MR) is 60.7 cm³/mol. The van der Waals surface area contributed by atoms with Crippen molar-refractivity contribution in [3.05, 3.63) is 10.5 Å². The van der Waals surface area contributed by atoms with E-state index < -0.39 is 29.4 Å². The number of rotatable bonds is 5. The molecule has 0 saturated heterocycles. The molecule has 1 unspecified atom stereocenters. The lowest BCUT2D eigenvalue weighted by Crippen LogP contribution is -2.37. The van der Waals surface area contributed by atoms with E-state index in [0.29, 0.717) is 6.54 Å². The normalized spacial score (nSPS) is 13.6.